The molecule has 3 aromatic rings. The first kappa shape index (κ1) is 27.2. The predicted molar refractivity (Wildman–Crippen MR) is 144 cm³/mol. The monoisotopic (exact) mass is 557 g/mol. The maximum absolute atomic E-state index is 13.8. The number of aryl methyl sites for hydroxylation is 1. The van der Waals surface area contributed by atoms with Crippen LogP contribution in [0.3, 0.4) is 0 Å². The number of alkyl halides is 3. The Hall–Kier alpha value is -3.37. The molecule has 0 aliphatic carbocycles. The Morgan fingerprint density at radius 3 is 2.26 bits per heavy atom. The molecule has 0 saturated carbocycles. The largest absolute Gasteiger partial charge is 0.416 e. The second kappa shape index (κ2) is 10.7. The molecule has 206 valence electrons. The number of nitrogens with one attached hydrogen (secondary N) is 1. The zero-order valence-corrected chi connectivity index (χ0v) is 22.4. The van der Waals surface area contributed by atoms with Gasteiger partial charge in [0.15, 0.2) is 0 Å². The van der Waals surface area contributed by atoms with Crippen molar-refractivity contribution in [2.24, 2.45) is 0 Å². The molecule has 0 spiro atoms. The number of hydrogen-bond donors (Lipinski definition) is 1. The molecule has 0 aromatic heterocycles. The number of benzene rings is 3. The first-order valence-electron chi connectivity index (χ1n) is 13.0. The van der Waals surface area contributed by atoms with Gasteiger partial charge in [0, 0.05) is 19.6 Å². The lowest BCUT2D eigenvalue weighted by Crippen LogP contribution is -2.50. The van der Waals surface area contributed by atoms with Crippen molar-refractivity contribution in [3.05, 3.63) is 89.0 Å². The third-order valence-electron chi connectivity index (χ3n) is 7.41. The number of amides is 1. The highest BCUT2D eigenvalue weighted by atomic mass is 32.2. The fourth-order valence-corrected chi connectivity index (χ4v) is 6.82. The highest BCUT2D eigenvalue weighted by Gasteiger charge is 2.40. The Morgan fingerprint density at radius 1 is 0.923 bits per heavy atom. The molecular weight excluding hydrogens is 527 g/mol. The van der Waals surface area contributed by atoms with E-state index in [0.29, 0.717) is 18.8 Å². The highest BCUT2D eigenvalue weighted by molar-refractivity contribution is 7.89. The molecule has 2 aliphatic rings. The number of rotatable bonds is 5. The van der Waals surface area contributed by atoms with Gasteiger partial charge in [-0.15, -0.1) is 0 Å². The summed E-state index contributed by atoms with van der Waals surface area (Å²) in [5.41, 5.74) is 2.15. The molecule has 2 heterocycles. The molecule has 1 amide bonds. The fourth-order valence-electron chi connectivity index (χ4n) is 5.26. The Labute approximate surface area is 226 Å². The van der Waals surface area contributed by atoms with E-state index in [-0.39, 0.29) is 23.5 Å². The van der Waals surface area contributed by atoms with E-state index in [9.17, 15) is 26.4 Å². The summed E-state index contributed by atoms with van der Waals surface area (Å²) in [4.78, 5) is 15.8. The zero-order valence-electron chi connectivity index (χ0n) is 21.5. The predicted octanol–water partition coefficient (Wildman–Crippen LogP) is 5.76. The van der Waals surface area contributed by atoms with Gasteiger partial charge in [0.25, 0.3) is 0 Å². The Bertz CT molecular complexity index is 1470. The van der Waals surface area contributed by atoms with Gasteiger partial charge in [-0.1, -0.05) is 42.0 Å². The lowest BCUT2D eigenvalue weighted by atomic mass is 9.95. The second-order valence-corrected chi connectivity index (χ2v) is 12.0. The standard InChI is InChI=1S/C29H30F3N3O3S/c1-20-9-12-24(13-10-20)39(37,38)35-19-22-8-4-3-7-21(22)17-27(35)28(36)33-25-18-23(29(30,31)32)11-14-26(25)34-15-5-2-6-16-34/h3-4,7-14,18,27H,2,5-6,15-17,19H2,1H3,(H,33,36)/t27-/m1/s1. The van der Waals surface area contributed by atoms with E-state index in [1.54, 1.807) is 12.1 Å². The van der Waals surface area contributed by atoms with Crippen LogP contribution < -0.4 is 10.2 Å². The second-order valence-electron chi connectivity index (χ2n) is 10.1. The lowest BCUT2D eigenvalue weighted by Gasteiger charge is -2.36. The minimum absolute atomic E-state index is 0.0218. The molecule has 3 aromatic carbocycles. The highest BCUT2D eigenvalue weighted by Crippen LogP contribution is 2.37. The smallest absolute Gasteiger partial charge is 0.370 e. The van der Waals surface area contributed by atoms with Crippen LogP contribution in [-0.4, -0.2) is 37.8 Å². The van der Waals surface area contributed by atoms with Crippen molar-refractivity contribution in [2.75, 3.05) is 23.3 Å². The molecule has 1 fully saturated rings. The summed E-state index contributed by atoms with van der Waals surface area (Å²) in [7, 11) is -4.09. The van der Waals surface area contributed by atoms with E-state index in [1.807, 2.05) is 36.1 Å². The van der Waals surface area contributed by atoms with Crippen LogP contribution in [0.15, 0.2) is 71.6 Å². The van der Waals surface area contributed by atoms with E-state index >= 15 is 0 Å². The van der Waals surface area contributed by atoms with E-state index < -0.39 is 33.7 Å². The van der Waals surface area contributed by atoms with Crippen molar-refractivity contribution >= 4 is 27.3 Å². The molecule has 0 bridgehead atoms. The van der Waals surface area contributed by atoms with Crippen molar-refractivity contribution in [1.29, 1.82) is 0 Å². The minimum Gasteiger partial charge on any atom is -0.370 e. The topological polar surface area (TPSA) is 69.7 Å². The fraction of sp³-hybridized carbons (Fsp3) is 0.345. The summed E-state index contributed by atoms with van der Waals surface area (Å²) >= 11 is 0. The van der Waals surface area contributed by atoms with Gasteiger partial charge in [0.2, 0.25) is 15.9 Å². The summed E-state index contributed by atoms with van der Waals surface area (Å²) in [5, 5.41) is 2.70. The van der Waals surface area contributed by atoms with Crippen LogP contribution in [0.5, 0.6) is 0 Å². The van der Waals surface area contributed by atoms with Gasteiger partial charge in [0.1, 0.15) is 6.04 Å². The van der Waals surface area contributed by atoms with E-state index in [0.717, 1.165) is 52.4 Å². The summed E-state index contributed by atoms with van der Waals surface area (Å²) < 4.78 is 69.5. The number of hydrogen-bond acceptors (Lipinski definition) is 4. The number of piperidine rings is 1. The zero-order chi connectivity index (χ0) is 27.8. The average molecular weight is 558 g/mol. The van der Waals surface area contributed by atoms with Crippen LogP contribution in [-0.2, 0) is 34.0 Å². The van der Waals surface area contributed by atoms with E-state index in [2.05, 4.69) is 5.32 Å². The maximum Gasteiger partial charge on any atom is 0.416 e. The summed E-state index contributed by atoms with van der Waals surface area (Å²) in [5.74, 6) is -0.669. The van der Waals surface area contributed by atoms with Crippen molar-refractivity contribution in [3.8, 4) is 0 Å². The molecule has 0 radical (unpaired) electrons. The normalized spacial score (nSPS) is 18.5. The van der Waals surface area contributed by atoms with Gasteiger partial charge in [-0.2, -0.15) is 17.5 Å². The van der Waals surface area contributed by atoms with Gasteiger partial charge < -0.3 is 10.2 Å². The minimum atomic E-state index is -4.59. The SMILES string of the molecule is Cc1ccc(S(=O)(=O)N2Cc3ccccc3C[C@@H]2C(=O)Nc2cc(C(F)(F)F)ccc2N2CCCCC2)cc1. The molecule has 1 atom stereocenters. The van der Waals surface area contributed by atoms with E-state index in [1.165, 1.54) is 18.2 Å². The van der Waals surface area contributed by atoms with Gasteiger partial charge in [-0.05, 0) is 74.1 Å². The number of nitrogens with zero attached hydrogens (tertiary/aromatic N) is 2. The number of fused-ring (bicyclic) bond motifs is 1. The number of sulfonamides is 1. The molecular formula is C29H30F3N3O3S. The first-order chi connectivity index (χ1) is 18.5. The van der Waals surface area contributed by atoms with Crippen LogP contribution in [0.4, 0.5) is 24.5 Å². The number of carbonyl (C=O) groups excluding carboxylic acids is 1. The summed E-state index contributed by atoms with van der Waals surface area (Å²) in [6.07, 6.45) is -1.66. The molecule has 39 heavy (non-hydrogen) atoms. The van der Waals surface area contributed by atoms with Crippen molar-refractivity contribution < 1.29 is 26.4 Å². The number of anilines is 2. The summed E-state index contributed by atoms with van der Waals surface area (Å²) in [6.45, 7) is 3.16. The molecule has 10 heteroatoms. The van der Waals surface area contributed by atoms with Crippen LogP contribution in [0.25, 0.3) is 0 Å². The Kier molecular flexibility index (Phi) is 7.43. The van der Waals surface area contributed by atoms with Crippen molar-refractivity contribution in [3.63, 3.8) is 0 Å². The Balaban J connectivity index is 1.53. The third-order valence-corrected chi connectivity index (χ3v) is 9.28. The molecule has 1 N–H and O–H groups in total. The van der Waals surface area contributed by atoms with Crippen molar-refractivity contribution in [2.45, 2.75) is 56.3 Å². The Morgan fingerprint density at radius 2 is 1.59 bits per heavy atom. The molecule has 0 unspecified atom stereocenters. The average Bonchev–Trinajstić information content (AvgIpc) is 2.92. The van der Waals surface area contributed by atoms with Gasteiger partial charge in [-0.25, -0.2) is 8.42 Å². The van der Waals surface area contributed by atoms with Crippen molar-refractivity contribution in [1.82, 2.24) is 4.31 Å². The summed E-state index contributed by atoms with van der Waals surface area (Å²) in [6, 6.07) is 15.9. The van der Waals surface area contributed by atoms with E-state index in [4.69, 9.17) is 0 Å². The molecule has 1 saturated heterocycles. The quantitative estimate of drug-likeness (QED) is 0.433. The van der Waals surface area contributed by atoms with Gasteiger partial charge in [0.05, 0.1) is 21.8 Å². The maximum atomic E-state index is 13.8. The molecule has 6 nitrogen and oxygen atoms in total. The van der Waals surface area contributed by atoms with Crippen LogP contribution in [0.2, 0.25) is 0 Å². The lowest BCUT2D eigenvalue weighted by molar-refractivity contribution is -0.137. The van der Waals surface area contributed by atoms with Gasteiger partial charge in [-0.3, -0.25) is 4.79 Å². The third kappa shape index (κ3) is 5.67. The number of halogens is 3. The number of carbonyl (C=O) groups is 1. The van der Waals surface area contributed by atoms with Gasteiger partial charge >= 0.3 is 6.18 Å². The molecule has 2 aliphatic heterocycles. The van der Waals surface area contributed by atoms with Crippen LogP contribution >= 0.6 is 0 Å². The molecule has 5 rings (SSSR count). The van der Waals surface area contributed by atoms with Crippen LogP contribution in [0, 0.1) is 6.92 Å². The van der Waals surface area contributed by atoms with Crippen LogP contribution in [0.1, 0.15) is 41.5 Å². The first-order valence-corrected chi connectivity index (χ1v) is 14.4.